The number of rotatable bonds is 3. The summed E-state index contributed by atoms with van der Waals surface area (Å²) >= 11 is 6.08. The smallest absolute Gasteiger partial charge is 0.335 e. The molecule has 0 saturated heterocycles. The Morgan fingerprint density at radius 2 is 2.07 bits per heavy atom. The molecule has 0 aliphatic carbocycles. The summed E-state index contributed by atoms with van der Waals surface area (Å²) in [4.78, 5) is 12.6. The summed E-state index contributed by atoms with van der Waals surface area (Å²) in [6, 6.07) is 3.06. The van der Waals surface area contributed by atoms with E-state index in [9.17, 15) is 4.79 Å². The molecule has 0 aliphatic heterocycles. The highest BCUT2D eigenvalue weighted by molar-refractivity contribution is 6.36. The van der Waals surface area contributed by atoms with Gasteiger partial charge in [-0.1, -0.05) is 11.6 Å². The molecule has 0 aliphatic rings. The number of carboxylic acids is 1. The lowest BCUT2D eigenvalue weighted by molar-refractivity contribution is 0.0697. The second-order valence-corrected chi connectivity index (χ2v) is 3.68. The Morgan fingerprint density at radius 1 is 1.47 bits per heavy atom. The number of carboxylic acid groups (broad SMARTS) is 1. The molecule has 4 nitrogen and oxygen atoms in total. The topological polar surface area (TPSA) is 52.6 Å². The van der Waals surface area contributed by atoms with Crippen LogP contribution in [0.5, 0.6) is 0 Å². The first-order valence-electron chi connectivity index (χ1n) is 4.39. The first-order chi connectivity index (χ1) is 6.97. The zero-order valence-corrected chi connectivity index (χ0v) is 9.59. The monoisotopic (exact) mass is 228 g/mol. The van der Waals surface area contributed by atoms with E-state index in [2.05, 4.69) is 5.32 Å². The van der Waals surface area contributed by atoms with E-state index in [4.69, 9.17) is 16.7 Å². The van der Waals surface area contributed by atoms with Gasteiger partial charge in [0.05, 0.1) is 22.0 Å². The molecule has 15 heavy (non-hydrogen) atoms. The molecule has 0 aromatic heterocycles. The Labute approximate surface area is 93.5 Å². The highest BCUT2D eigenvalue weighted by Gasteiger charge is 2.13. The van der Waals surface area contributed by atoms with Gasteiger partial charge in [-0.25, -0.2) is 4.79 Å². The number of nitrogens with one attached hydrogen (secondary N) is 1. The minimum absolute atomic E-state index is 0.215. The Morgan fingerprint density at radius 3 is 2.47 bits per heavy atom. The fourth-order valence-corrected chi connectivity index (χ4v) is 1.61. The lowest BCUT2D eigenvalue weighted by Crippen LogP contribution is -2.11. The molecular formula is C10H13ClN2O2. The highest BCUT2D eigenvalue weighted by Crippen LogP contribution is 2.33. The van der Waals surface area contributed by atoms with E-state index in [1.54, 1.807) is 18.0 Å². The van der Waals surface area contributed by atoms with Crippen LogP contribution >= 0.6 is 11.6 Å². The third kappa shape index (κ3) is 2.33. The number of aromatic carboxylic acids is 1. The molecule has 0 atom stereocenters. The van der Waals surface area contributed by atoms with Crippen molar-refractivity contribution in [3.8, 4) is 0 Å². The molecule has 0 saturated carbocycles. The molecule has 2 N–H and O–H groups in total. The number of nitrogens with zero attached hydrogens (tertiary/aromatic N) is 1. The first kappa shape index (κ1) is 11.7. The molecule has 0 amide bonds. The van der Waals surface area contributed by atoms with Gasteiger partial charge in [0.2, 0.25) is 0 Å². The molecule has 5 heteroatoms. The normalized spacial score (nSPS) is 9.87. The van der Waals surface area contributed by atoms with Crippen LogP contribution in [0, 0.1) is 0 Å². The van der Waals surface area contributed by atoms with Crippen molar-refractivity contribution in [3.63, 3.8) is 0 Å². The summed E-state index contributed by atoms with van der Waals surface area (Å²) in [7, 11) is 5.32. The molecule has 0 unspecified atom stereocenters. The zero-order valence-electron chi connectivity index (χ0n) is 8.84. The minimum atomic E-state index is -0.966. The van der Waals surface area contributed by atoms with E-state index >= 15 is 0 Å². The fraction of sp³-hybridized carbons (Fsp3) is 0.300. The van der Waals surface area contributed by atoms with Crippen molar-refractivity contribution in [1.29, 1.82) is 0 Å². The Balaban J connectivity index is 3.38. The maximum Gasteiger partial charge on any atom is 0.335 e. The van der Waals surface area contributed by atoms with Crippen LogP contribution in [0.3, 0.4) is 0 Å². The number of benzene rings is 1. The number of carbonyl (C=O) groups is 1. The van der Waals surface area contributed by atoms with Crippen molar-refractivity contribution in [2.45, 2.75) is 0 Å². The Kier molecular flexibility index (Phi) is 3.42. The van der Waals surface area contributed by atoms with Gasteiger partial charge in [-0.3, -0.25) is 0 Å². The molecular weight excluding hydrogens is 216 g/mol. The number of halogens is 1. The van der Waals surface area contributed by atoms with Crippen LogP contribution in [0.4, 0.5) is 11.4 Å². The van der Waals surface area contributed by atoms with Crippen LogP contribution in [-0.4, -0.2) is 32.2 Å². The average molecular weight is 229 g/mol. The third-order valence-corrected chi connectivity index (χ3v) is 2.45. The molecule has 0 radical (unpaired) electrons. The van der Waals surface area contributed by atoms with Crippen LogP contribution in [0.2, 0.25) is 5.02 Å². The molecule has 1 aromatic carbocycles. The van der Waals surface area contributed by atoms with Crippen LogP contribution in [0.25, 0.3) is 0 Å². The summed E-state index contributed by atoms with van der Waals surface area (Å²) < 4.78 is 0. The summed E-state index contributed by atoms with van der Waals surface area (Å²) in [6.45, 7) is 0. The van der Waals surface area contributed by atoms with E-state index < -0.39 is 5.97 Å². The van der Waals surface area contributed by atoms with Crippen molar-refractivity contribution < 1.29 is 9.90 Å². The van der Waals surface area contributed by atoms with Gasteiger partial charge < -0.3 is 15.3 Å². The highest BCUT2D eigenvalue weighted by atomic mass is 35.5. The van der Waals surface area contributed by atoms with Gasteiger partial charge in [0.1, 0.15) is 0 Å². The molecule has 0 heterocycles. The van der Waals surface area contributed by atoms with E-state index in [0.29, 0.717) is 16.4 Å². The minimum Gasteiger partial charge on any atom is -0.478 e. The second-order valence-electron chi connectivity index (χ2n) is 3.31. The van der Waals surface area contributed by atoms with Crippen LogP contribution in [0.1, 0.15) is 10.4 Å². The van der Waals surface area contributed by atoms with Crippen molar-refractivity contribution in [3.05, 3.63) is 22.7 Å². The van der Waals surface area contributed by atoms with Crippen molar-refractivity contribution in [1.82, 2.24) is 0 Å². The van der Waals surface area contributed by atoms with Crippen LogP contribution < -0.4 is 10.2 Å². The van der Waals surface area contributed by atoms with Gasteiger partial charge >= 0.3 is 5.97 Å². The number of anilines is 2. The van der Waals surface area contributed by atoms with E-state index in [1.807, 2.05) is 14.1 Å². The maximum atomic E-state index is 10.9. The molecule has 0 bridgehead atoms. The molecule has 82 valence electrons. The SMILES string of the molecule is CNc1cc(C(=O)O)cc(N(C)C)c1Cl. The Bertz CT molecular complexity index is 391. The quantitative estimate of drug-likeness (QED) is 0.833. The number of hydrogen-bond donors (Lipinski definition) is 2. The van der Waals surface area contributed by atoms with E-state index in [0.717, 1.165) is 0 Å². The van der Waals surface area contributed by atoms with E-state index in [1.165, 1.54) is 6.07 Å². The van der Waals surface area contributed by atoms with Gasteiger partial charge in [-0.05, 0) is 12.1 Å². The fourth-order valence-electron chi connectivity index (χ4n) is 1.24. The van der Waals surface area contributed by atoms with Gasteiger partial charge in [0, 0.05) is 21.1 Å². The predicted octanol–water partition coefficient (Wildman–Crippen LogP) is 2.15. The van der Waals surface area contributed by atoms with Gasteiger partial charge in [-0.15, -0.1) is 0 Å². The average Bonchev–Trinajstić information content (AvgIpc) is 2.17. The summed E-state index contributed by atoms with van der Waals surface area (Å²) in [5, 5.41) is 12.3. The second kappa shape index (κ2) is 4.40. The maximum absolute atomic E-state index is 10.9. The third-order valence-electron chi connectivity index (χ3n) is 2.05. The predicted molar refractivity (Wildman–Crippen MR) is 62.3 cm³/mol. The molecule has 0 fully saturated rings. The Hall–Kier alpha value is -1.42. The molecule has 1 aromatic rings. The van der Waals surface area contributed by atoms with Crippen molar-refractivity contribution in [2.75, 3.05) is 31.4 Å². The summed E-state index contributed by atoms with van der Waals surface area (Å²) in [5.41, 5.74) is 1.51. The van der Waals surface area contributed by atoms with Gasteiger partial charge in [0.25, 0.3) is 0 Å². The van der Waals surface area contributed by atoms with Crippen LogP contribution in [-0.2, 0) is 0 Å². The largest absolute Gasteiger partial charge is 0.478 e. The number of hydrogen-bond acceptors (Lipinski definition) is 3. The zero-order chi connectivity index (χ0) is 11.6. The van der Waals surface area contributed by atoms with Crippen molar-refractivity contribution >= 4 is 28.9 Å². The lowest BCUT2D eigenvalue weighted by atomic mass is 10.1. The van der Waals surface area contributed by atoms with E-state index in [-0.39, 0.29) is 5.56 Å². The summed E-state index contributed by atoms with van der Waals surface area (Å²) in [6.07, 6.45) is 0. The summed E-state index contributed by atoms with van der Waals surface area (Å²) in [5.74, 6) is -0.966. The standard InChI is InChI=1S/C10H13ClN2O2/c1-12-7-4-6(10(14)15)5-8(9(7)11)13(2)3/h4-5,12H,1-3H3,(H,14,15). The lowest BCUT2D eigenvalue weighted by Gasteiger charge is -2.17. The van der Waals surface area contributed by atoms with Crippen LogP contribution in [0.15, 0.2) is 12.1 Å². The van der Waals surface area contributed by atoms with Gasteiger partial charge in [0.15, 0.2) is 0 Å². The molecule has 1 rings (SSSR count). The first-order valence-corrected chi connectivity index (χ1v) is 4.77. The molecule has 0 spiro atoms. The van der Waals surface area contributed by atoms with Crippen molar-refractivity contribution in [2.24, 2.45) is 0 Å². The van der Waals surface area contributed by atoms with Gasteiger partial charge in [-0.2, -0.15) is 0 Å².